The van der Waals surface area contributed by atoms with Crippen molar-refractivity contribution in [3.8, 4) is 0 Å². The first kappa shape index (κ1) is 19.3. The maximum absolute atomic E-state index is 12.9. The van der Waals surface area contributed by atoms with Gasteiger partial charge in [-0.05, 0) is 42.3 Å². The summed E-state index contributed by atoms with van der Waals surface area (Å²) in [6.07, 6.45) is 0.830. The van der Waals surface area contributed by atoms with E-state index in [1.165, 1.54) is 0 Å². The molecule has 3 aromatic rings. The Labute approximate surface area is 167 Å². The quantitative estimate of drug-likeness (QED) is 0.542. The number of aryl methyl sites for hydroxylation is 1. The van der Waals surface area contributed by atoms with E-state index in [9.17, 15) is 13.2 Å². The average Bonchev–Trinajstić information content (AvgIpc) is 2.69. The van der Waals surface area contributed by atoms with Gasteiger partial charge in [-0.15, -0.1) is 0 Å². The van der Waals surface area contributed by atoms with Crippen LogP contribution in [0.3, 0.4) is 0 Å². The van der Waals surface area contributed by atoms with Crippen molar-refractivity contribution in [3.63, 3.8) is 0 Å². The molecule has 4 nitrogen and oxygen atoms in total. The van der Waals surface area contributed by atoms with Crippen LogP contribution in [0, 0.1) is 0 Å². The molecule has 6 heteroatoms. The largest absolute Gasteiger partial charge is 0.289 e. The number of halogens is 1. The summed E-state index contributed by atoms with van der Waals surface area (Å²) in [5.41, 5.74) is 2.07. The Bertz CT molecular complexity index is 1060. The van der Waals surface area contributed by atoms with Crippen LogP contribution in [0.2, 0.25) is 0 Å². The molecule has 0 fully saturated rings. The lowest BCUT2D eigenvalue weighted by atomic mass is 10.0. The van der Waals surface area contributed by atoms with Gasteiger partial charge in [0.2, 0.25) is 0 Å². The Morgan fingerprint density at radius 1 is 0.963 bits per heavy atom. The Hall–Kier alpha value is -2.44. The molecule has 27 heavy (non-hydrogen) atoms. The molecule has 0 saturated heterocycles. The lowest BCUT2D eigenvalue weighted by Crippen LogP contribution is -2.16. The predicted octanol–water partition coefficient (Wildman–Crippen LogP) is 5.04. The highest BCUT2D eigenvalue weighted by Crippen LogP contribution is 2.26. The van der Waals surface area contributed by atoms with E-state index in [1.54, 1.807) is 66.7 Å². The first-order valence-corrected chi connectivity index (χ1v) is 10.7. The third kappa shape index (κ3) is 4.46. The van der Waals surface area contributed by atoms with Gasteiger partial charge >= 0.3 is 0 Å². The van der Waals surface area contributed by atoms with Crippen LogP contribution in [0.5, 0.6) is 0 Å². The van der Waals surface area contributed by atoms with Gasteiger partial charge in [-0.2, -0.15) is 0 Å². The molecule has 0 aromatic heterocycles. The molecule has 138 valence electrons. The summed E-state index contributed by atoms with van der Waals surface area (Å²) in [5.74, 6) is -0.254. The summed E-state index contributed by atoms with van der Waals surface area (Å²) >= 11 is 3.35. The third-order valence-corrected chi connectivity index (χ3v) is 6.02. The zero-order valence-electron chi connectivity index (χ0n) is 14.6. The zero-order chi connectivity index (χ0) is 19.4. The Balaban J connectivity index is 1.98. The van der Waals surface area contributed by atoms with E-state index < -0.39 is 10.0 Å². The number of sulfonamides is 1. The number of anilines is 1. The summed E-state index contributed by atoms with van der Waals surface area (Å²) in [5, 5.41) is 0. The highest BCUT2D eigenvalue weighted by Gasteiger charge is 2.20. The number of hydrogen-bond donors (Lipinski definition) is 1. The molecule has 0 atom stereocenters. The van der Waals surface area contributed by atoms with E-state index in [1.807, 2.05) is 13.0 Å². The van der Waals surface area contributed by atoms with Crippen molar-refractivity contribution in [2.45, 2.75) is 18.2 Å². The number of hydrogen-bond acceptors (Lipinski definition) is 3. The Morgan fingerprint density at radius 3 is 2.26 bits per heavy atom. The minimum atomic E-state index is -3.81. The molecule has 3 aromatic carbocycles. The summed E-state index contributed by atoms with van der Waals surface area (Å²) < 4.78 is 28.8. The van der Waals surface area contributed by atoms with Crippen LogP contribution in [0.1, 0.15) is 28.4 Å². The van der Waals surface area contributed by atoms with Crippen molar-refractivity contribution in [2.75, 3.05) is 4.72 Å². The summed E-state index contributed by atoms with van der Waals surface area (Å²) in [7, 11) is -3.81. The van der Waals surface area contributed by atoms with Gasteiger partial charge in [-0.3, -0.25) is 9.52 Å². The number of carbonyl (C=O) groups is 1. The topological polar surface area (TPSA) is 63.2 Å². The first-order chi connectivity index (χ1) is 12.9. The van der Waals surface area contributed by atoms with Crippen molar-refractivity contribution < 1.29 is 13.2 Å². The van der Waals surface area contributed by atoms with Gasteiger partial charge in [0, 0.05) is 15.6 Å². The predicted molar refractivity (Wildman–Crippen MR) is 111 cm³/mol. The zero-order valence-corrected chi connectivity index (χ0v) is 17.0. The summed E-state index contributed by atoms with van der Waals surface area (Å²) in [4.78, 5) is 13.0. The van der Waals surface area contributed by atoms with Gasteiger partial charge in [0.05, 0.1) is 10.6 Å². The smallest absolute Gasteiger partial charge is 0.261 e. The fraction of sp³-hybridized carbons (Fsp3) is 0.0952. The number of carbonyl (C=O) groups excluding carboxylic acids is 1. The molecule has 0 bridgehead atoms. The average molecular weight is 444 g/mol. The fourth-order valence-corrected chi connectivity index (χ4v) is 4.09. The minimum Gasteiger partial charge on any atom is -0.289 e. The maximum Gasteiger partial charge on any atom is 0.261 e. The monoisotopic (exact) mass is 443 g/mol. The van der Waals surface area contributed by atoms with Crippen LogP contribution in [0.25, 0.3) is 0 Å². The molecule has 0 aliphatic carbocycles. The van der Waals surface area contributed by atoms with E-state index in [4.69, 9.17) is 0 Å². The highest BCUT2D eigenvalue weighted by atomic mass is 79.9. The second-order valence-corrected chi connectivity index (χ2v) is 8.59. The van der Waals surface area contributed by atoms with Gasteiger partial charge in [0.15, 0.2) is 5.78 Å². The fourth-order valence-electron chi connectivity index (χ4n) is 2.65. The van der Waals surface area contributed by atoms with Gasteiger partial charge in [0.25, 0.3) is 10.0 Å². The molecule has 1 N–H and O–H groups in total. The van der Waals surface area contributed by atoms with Crippen LogP contribution < -0.4 is 4.72 Å². The molecule has 0 saturated carbocycles. The van der Waals surface area contributed by atoms with Crippen molar-refractivity contribution in [1.82, 2.24) is 0 Å². The highest BCUT2D eigenvalue weighted by molar-refractivity contribution is 9.10. The Morgan fingerprint density at radius 2 is 1.63 bits per heavy atom. The molecule has 0 spiro atoms. The van der Waals surface area contributed by atoms with Crippen LogP contribution in [-0.4, -0.2) is 14.2 Å². The van der Waals surface area contributed by atoms with Crippen molar-refractivity contribution in [3.05, 3.63) is 94.0 Å². The van der Waals surface area contributed by atoms with Crippen LogP contribution in [0.4, 0.5) is 5.69 Å². The number of ketones is 1. The van der Waals surface area contributed by atoms with E-state index in [-0.39, 0.29) is 21.9 Å². The molecule has 0 amide bonds. The van der Waals surface area contributed by atoms with Crippen LogP contribution in [-0.2, 0) is 16.4 Å². The van der Waals surface area contributed by atoms with Gasteiger partial charge in [-0.25, -0.2) is 8.42 Å². The number of benzene rings is 3. The van der Waals surface area contributed by atoms with E-state index in [0.29, 0.717) is 10.0 Å². The molecule has 0 aliphatic rings. The molecule has 3 rings (SSSR count). The van der Waals surface area contributed by atoms with Gasteiger partial charge in [-0.1, -0.05) is 65.3 Å². The second kappa shape index (κ2) is 8.06. The van der Waals surface area contributed by atoms with E-state index in [2.05, 4.69) is 20.7 Å². The van der Waals surface area contributed by atoms with Crippen molar-refractivity contribution in [2.24, 2.45) is 0 Å². The normalized spacial score (nSPS) is 11.2. The number of nitrogens with one attached hydrogen (secondary N) is 1. The maximum atomic E-state index is 12.9. The lowest BCUT2D eigenvalue weighted by molar-refractivity contribution is 0.103. The molecule has 0 radical (unpaired) electrons. The molecule has 0 aliphatic heterocycles. The minimum absolute atomic E-state index is 0.153. The summed E-state index contributed by atoms with van der Waals surface area (Å²) in [6, 6.07) is 20.4. The van der Waals surface area contributed by atoms with E-state index >= 15 is 0 Å². The van der Waals surface area contributed by atoms with E-state index in [0.717, 1.165) is 12.0 Å². The lowest BCUT2D eigenvalue weighted by Gasteiger charge is -2.13. The SMILES string of the molecule is CCc1ccc(S(=O)(=O)Nc2ccc(Br)cc2C(=O)c2ccccc2)cc1. The molecular formula is C21H18BrNO3S. The van der Waals surface area contributed by atoms with Crippen LogP contribution >= 0.6 is 15.9 Å². The standard InChI is InChI=1S/C21H18BrNO3S/c1-2-15-8-11-18(12-9-15)27(25,26)23-20-13-10-17(22)14-19(20)21(24)16-6-4-3-5-7-16/h3-14,23H,2H2,1H3. The third-order valence-electron chi connectivity index (χ3n) is 4.15. The van der Waals surface area contributed by atoms with Crippen molar-refractivity contribution in [1.29, 1.82) is 0 Å². The second-order valence-electron chi connectivity index (χ2n) is 5.99. The molecule has 0 unspecified atom stereocenters. The number of rotatable bonds is 6. The van der Waals surface area contributed by atoms with Gasteiger partial charge < -0.3 is 0 Å². The van der Waals surface area contributed by atoms with Crippen LogP contribution in [0.15, 0.2) is 82.2 Å². The van der Waals surface area contributed by atoms with Crippen molar-refractivity contribution >= 4 is 37.4 Å². The molecular weight excluding hydrogens is 426 g/mol. The summed E-state index contributed by atoms with van der Waals surface area (Å²) in [6.45, 7) is 2.01. The Kier molecular flexibility index (Phi) is 5.77. The molecule has 0 heterocycles. The van der Waals surface area contributed by atoms with Gasteiger partial charge in [0.1, 0.15) is 0 Å². The first-order valence-electron chi connectivity index (χ1n) is 8.42.